The van der Waals surface area contributed by atoms with Gasteiger partial charge in [-0.25, -0.2) is 0 Å². The lowest BCUT2D eigenvalue weighted by Crippen LogP contribution is -2.62. The van der Waals surface area contributed by atoms with Gasteiger partial charge in [0.2, 0.25) is 0 Å². The van der Waals surface area contributed by atoms with Gasteiger partial charge >= 0.3 is 0 Å². The summed E-state index contributed by atoms with van der Waals surface area (Å²) in [5.41, 5.74) is 0.720. The zero-order chi connectivity index (χ0) is 16.1. The van der Waals surface area contributed by atoms with Crippen molar-refractivity contribution in [1.29, 1.82) is 0 Å². The molecule has 0 radical (unpaired) electrons. The van der Waals surface area contributed by atoms with Crippen LogP contribution >= 0.6 is 0 Å². The van der Waals surface area contributed by atoms with Gasteiger partial charge < -0.3 is 5.32 Å². The lowest BCUT2D eigenvalue weighted by Gasteiger charge is -2.63. The van der Waals surface area contributed by atoms with Crippen LogP contribution in [0.5, 0.6) is 0 Å². The molecule has 2 heteroatoms. The summed E-state index contributed by atoms with van der Waals surface area (Å²) < 4.78 is 0. The molecule has 0 aromatic heterocycles. The molecule has 6 fully saturated rings. The molecule has 4 aliphatic carbocycles. The van der Waals surface area contributed by atoms with Crippen molar-refractivity contribution in [3.8, 4) is 0 Å². The summed E-state index contributed by atoms with van der Waals surface area (Å²) in [5, 5.41) is 3.87. The Morgan fingerprint density at radius 2 is 1.54 bits per heavy atom. The maximum Gasteiger partial charge on any atom is 0.0224 e. The van der Waals surface area contributed by atoms with E-state index in [-0.39, 0.29) is 0 Å². The highest BCUT2D eigenvalue weighted by molar-refractivity contribution is 5.08. The third-order valence-electron chi connectivity index (χ3n) is 8.79. The Morgan fingerprint density at radius 3 is 2.17 bits per heavy atom. The molecule has 136 valence electrons. The summed E-state index contributed by atoms with van der Waals surface area (Å²) in [6, 6.07) is 2.43. The molecule has 0 amide bonds. The van der Waals surface area contributed by atoms with Crippen LogP contribution in [-0.2, 0) is 0 Å². The molecule has 4 bridgehead atoms. The van der Waals surface area contributed by atoms with Crippen LogP contribution < -0.4 is 5.32 Å². The van der Waals surface area contributed by atoms with E-state index in [9.17, 15) is 0 Å². The number of hydrogen-bond donors (Lipinski definition) is 1. The summed E-state index contributed by atoms with van der Waals surface area (Å²) in [6.07, 6.45) is 18.2. The van der Waals surface area contributed by atoms with E-state index in [4.69, 9.17) is 0 Å². The highest BCUT2D eigenvalue weighted by Gasteiger charge is 2.56. The van der Waals surface area contributed by atoms with E-state index < -0.39 is 0 Å². The Bertz CT molecular complexity index is 418. The topological polar surface area (TPSA) is 15.3 Å². The Labute approximate surface area is 149 Å². The summed E-state index contributed by atoms with van der Waals surface area (Å²) in [4.78, 5) is 3.03. The van der Waals surface area contributed by atoms with E-state index in [1.165, 1.54) is 51.6 Å². The molecular formula is C22H38N2. The van der Waals surface area contributed by atoms with E-state index in [1.54, 1.807) is 38.5 Å². The third-order valence-corrected chi connectivity index (χ3v) is 8.79. The highest BCUT2D eigenvalue weighted by atomic mass is 15.2. The molecule has 4 saturated carbocycles. The Balaban J connectivity index is 1.38. The van der Waals surface area contributed by atoms with Gasteiger partial charge in [-0.2, -0.15) is 0 Å². The minimum atomic E-state index is 0.720. The van der Waals surface area contributed by atoms with E-state index >= 15 is 0 Å². The van der Waals surface area contributed by atoms with Crippen molar-refractivity contribution >= 4 is 0 Å². The lowest BCUT2D eigenvalue weighted by molar-refractivity contribution is -0.120. The number of likely N-dealkylation sites (tertiary alicyclic amines) is 1. The second kappa shape index (κ2) is 6.27. The quantitative estimate of drug-likeness (QED) is 0.814. The molecule has 0 aromatic carbocycles. The van der Waals surface area contributed by atoms with Crippen LogP contribution in [0.4, 0.5) is 0 Å². The van der Waals surface area contributed by atoms with Crippen LogP contribution in [0.25, 0.3) is 0 Å². The van der Waals surface area contributed by atoms with Crippen molar-refractivity contribution < 1.29 is 0 Å². The van der Waals surface area contributed by atoms with Crippen LogP contribution in [0.1, 0.15) is 84.0 Å². The van der Waals surface area contributed by atoms with E-state index in [0.29, 0.717) is 0 Å². The van der Waals surface area contributed by atoms with Crippen molar-refractivity contribution in [3.05, 3.63) is 0 Å². The lowest BCUT2D eigenvalue weighted by atomic mass is 9.47. The van der Waals surface area contributed by atoms with Crippen molar-refractivity contribution in [2.75, 3.05) is 13.1 Å². The molecule has 24 heavy (non-hydrogen) atoms. The summed E-state index contributed by atoms with van der Waals surface area (Å²) >= 11 is 0. The largest absolute Gasteiger partial charge is 0.312 e. The molecule has 0 spiro atoms. The van der Waals surface area contributed by atoms with Crippen LogP contribution in [-0.4, -0.2) is 36.1 Å². The van der Waals surface area contributed by atoms with Crippen LogP contribution in [0.2, 0.25) is 0 Å². The summed E-state index contributed by atoms with van der Waals surface area (Å²) in [7, 11) is 0. The van der Waals surface area contributed by atoms with Gasteiger partial charge in [0.05, 0.1) is 0 Å². The Kier molecular flexibility index (Phi) is 4.21. The van der Waals surface area contributed by atoms with Gasteiger partial charge in [-0.1, -0.05) is 12.8 Å². The summed E-state index contributed by atoms with van der Waals surface area (Å²) in [6.45, 7) is 5.19. The maximum atomic E-state index is 3.87. The number of hydrogen-bond acceptors (Lipinski definition) is 2. The van der Waals surface area contributed by atoms with Gasteiger partial charge in [0.25, 0.3) is 0 Å². The molecule has 6 aliphatic rings. The number of rotatable bonds is 3. The van der Waals surface area contributed by atoms with Gasteiger partial charge in [0.15, 0.2) is 0 Å². The normalized spacial score (nSPS) is 50.1. The molecule has 6 rings (SSSR count). The zero-order valence-electron chi connectivity index (χ0n) is 15.8. The standard InChI is InChI=1S/C22H38N2/c1-16(20-6-2-4-8-23-20)24-9-5-3-7-21(24)22-13-17-10-18(14-22)12-19(11-17)15-22/h16-21,23H,2-15H2,1H3. The van der Waals surface area contributed by atoms with Crippen LogP contribution in [0, 0.1) is 23.2 Å². The Morgan fingerprint density at radius 1 is 0.875 bits per heavy atom. The van der Waals surface area contributed by atoms with Gasteiger partial charge in [-0.3, -0.25) is 4.90 Å². The molecule has 2 nitrogen and oxygen atoms in total. The smallest absolute Gasteiger partial charge is 0.0224 e. The van der Waals surface area contributed by atoms with Crippen molar-refractivity contribution in [2.45, 2.75) is 102 Å². The molecular weight excluding hydrogens is 292 g/mol. The molecule has 2 saturated heterocycles. The third kappa shape index (κ3) is 2.67. The first kappa shape index (κ1) is 16.1. The van der Waals surface area contributed by atoms with Gasteiger partial charge in [-0.15, -0.1) is 0 Å². The fourth-order valence-electron chi connectivity index (χ4n) is 8.21. The fraction of sp³-hybridized carbons (Fsp3) is 1.00. The average molecular weight is 331 g/mol. The first-order chi connectivity index (χ1) is 11.7. The SMILES string of the molecule is CC(C1CCCCN1)N1CCCCC1C12CC3CC(CC(C3)C1)C2. The zero-order valence-corrected chi connectivity index (χ0v) is 15.8. The van der Waals surface area contributed by atoms with Crippen LogP contribution in [0.3, 0.4) is 0 Å². The fourth-order valence-corrected chi connectivity index (χ4v) is 8.21. The maximum absolute atomic E-state index is 3.87. The Hall–Kier alpha value is -0.0800. The number of nitrogens with zero attached hydrogens (tertiary/aromatic N) is 1. The summed E-state index contributed by atoms with van der Waals surface area (Å²) in [5.74, 6) is 3.30. The number of piperidine rings is 2. The minimum Gasteiger partial charge on any atom is -0.312 e. The van der Waals surface area contributed by atoms with E-state index in [0.717, 1.165) is 41.3 Å². The minimum absolute atomic E-state index is 0.720. The van der Waals surface area contributed by atoms with E-state index in [1.807, 2.05) is 0 Å². The average Bonchev–Trinajstić information content (AvgIpc) is 2.61. The van der Waals surface area contributed by atoms with Crippen molar-refractivity contribution in [3.63, 3.8) is 0 Å². The molecule has 0 aromatic rings. The van der Waals surface area contributed by atoms with E-state index in [2.05, 4.69) is 17.1 Å². The van der Waals surface area contributed by atoms with Gasteiger partial charge in [0, 0.05) is 18.1 Å². The van der Waals surface area contributed by atoms with Crippen molar-refractivity contribution in [1.82, 2.24) is 10.2 Å². The van der Waals surface area contributed by atoms with Gasteiger partial charge in [-0.05, 0) is 107 Å². The molecule has 1 N–H and O–H groups in total. The second-order valence-electron chi connectivity index (χ2n) is 10.3. The highest BCUT2D eigenvalue weighted by Crippen LogP contribution is 2.63. The van der Waals surface area contributed by atoms with Crippen LogP contribution in [0.15, 0.2) is 0 Å². The molecule has 2 aliphatic heterocycles. The van der Waals surface area contributed by atoms with Gasteiger partial charge in [0.1, 0.15) is 0 Å². The first-order valence-electron chi connectivity index (χ1n) is 11.2. The predicted octanol–water partition coefficient (Wildman–Crippen LogP) is 4.59. The van der Waals surface area contributed by atoms with Crippen molar-refractivity contribution in [2.24, 2.45) is 23.2 Å². The first-order valence-corrected chi connectivity index (χ1v) is 11.2. The number of nitrogens with one attached hydrogen (secondary N) is 1. The second-order valence-corrected chi connectivity index (χ2v) is 10.3. The molecule has 2 heterocycles. The predicted molar refractivity (Wildman–Crippen MR) is 100 cm³/mol. The monoisotopic (exact) mass is 330 g/mol. The molecule has 3 atom stereocenters. The molecule has 3 unspecified atom stereocenters.